The molecule has 0 unspecified atom stereocenters. The quantitative estimate of drug-likeness (QED) is 0.0241. The van der Waals surface area contributed by atoms with E-state index in [0.29, 0.717) is 18.4 Å². The van der Waals surface area contributed by atoms with Gasteiger partial charge in [0.2, 0.25) is 41.4 Å². The van der Waals surface area contributed by atoms with Crippen LogP contribution in [0.1, 0.15) is 85.1 Å². The molecule has 15 N–H and O–H groups in total. The number of carbonyl (C=O) groups is 9. The molecule has 1 aromatic carbocycles. The van der Waals surface area contributed by atoms with Crippen LogP contribution >= 0.6 is 0 Å². The highest BCUT2D eigenvalue weighted by atomic mass is 16.4. The Hall–Kier alpha value is -6.36. The van der Waals surface area contributed by atoms with Gasteiger partial charge in [-0.2, -0.15) is 0 Å². The van der Waals surface area contributed by atoms with E-state index in [1.807, 2.05) is 0 Å². The van der Waals surface area contributed by atoms with Gasteiger partial charge in [-0.1, -0.05) is 64.4 Å². The molecule has 1 saturated heterocycles. The zero-order valence-corrected chi connectivity index (χ0v) is 37.6. The van der Waals surface area contributed by atoms with E-state index in [0.717, 1.165) is 0 Å². The third-order valence-corrected chi connectivity index (χ3v) is 10.8. The van der Waals surface area contributed by atoms with Crippen molar-refractivity contribution in [3.63, 3.8) is 0 Å². The number of aliphatic carboxylic acids is 2. The van der Waals surface area contributed by atoms with Crippen LogP contribution in [-0.4, -0.2) is 147 Å². The van der Waals surface area contributed by atoms with E-state index in [1.165, 1.54) is 11.8 Å². The first-order valence-corrected chi connectivity index (χ1v) is 21.6. The summed E-state index contributed by atoms with van der Waals surface area (Å²) in [7, 11) is 0. The highest BCUT2D eigenvalue weighted by molar-refractivity contribution is 5.98. The summed E-state index contributed by atoms with van der Waals surface area (Å²) in [6.07, 6.45) is 0.0248. The van der Waals surface area contributed by atoms with Crippen molar-refractivity contribution in [3.05, 3.63) is 35.9 Å². The number of rotatable bonds is 27. The first-order chi connectivity index (χ1) is 30.6. The van der Waals surface area contributed by atoms with Gasteiger partial charge in [0.1, 0.15) is 42.3 Å². The minimum atomic E-state index is -1.61. The van der Waals surface area contributed by atoms with Crippen molar-refractivity contribution in [2.24, 2.45) is 34.0 Å². The fraction of sp³-hybridized carbons (Fsp3) is 0.619. The van der Waals surface area contributed by atoms with Crippen LogP contribution in [0.3, 0.4) is 0 Å². The summed E-state index contributed by atoms with van der Waals surface area (Å²) in [4.78, 5) is 124. The third kappa shape index (κ3) is 18.0. The second kappa shape index (κ2) is 27.1. The maximum atomic E-state index is 14.2. The van der Waals surface area contributed by atoms with Gasteiger partial charge in [-0.25, -0.2) is 4.79 Å². The van der Waals surface area contributed by atoms with Crippen LogP contribution in [0.15, 0.2) is 35.3 Å². The normalized spacial score (nSPS) is 17.1. The van der Waals surface area contributed by atoms with Gasteiger partial charge >= 0.3 is 11.9 Å². The summed E-state index contributed by atoms with van der Waals surface area (Å²) >= 11 is 0. The van der Waals surface area contributed by atoms with Gasteiger partial charge in [0.15, 0.2) is 5.96 Å². The largest absolute Gasteiger partial charge is 0.481 e. The highest BCUT2D eigenvalue weighted by Gasteiger charge is 2.41. The summed E-state index contributed by atoms with van der Waals surface area (Å²) in [5, 5.41) is 44.1. The molecule has 0 radical (unpaired) electrons. The lowest BCUT2D eigenvalue weighted by molar-refractivity contribution is -0.144. The monoisotopic (exact) mass is 917 g/mol. The molecule has 1 heterocycles. The Morgan fingerprint density at radius 2 is 1.34 bits per heavy atom. The molecule has 1 aliphatic rings. The molecule has 362 valence electrons. The number of nitrogens with two attached hydrogens (primary N) is 3. The molecule has 65 heavy (non-hydrogen) atoms. The summed E-state index contributed by atoms with van der Waals surface area (Å²) in [6, 6.07) is -1.67. The Kier molecular flexibility index (Phi) is 22.8. The molecule has 0 saturated carbocycles. The first kappa shape index (κ1) is 54.8. The Labute approximate surface area is 377 Å². The molecule has 1 aliphatic heterocycles. The minimum Gasteiger partial charge on any atom is -0.481 e. The van der Waals surface area contributed by atoms with Gasteiger partial charge in [0.05, 0.1) is 12.6 Å². The van der Waals surface area contributed by atoms with E-state index in [-0.39, 0.29) is 51.2 Å². The Morgan fingerprint density at radius 1 is 0.754 bits per heavy atom. The number of hydrogen-bond donors (Lipinski definition) is 12. The summed E-state index contributed by atoms with van der Waals surface area (Å²) in [5.74, 6) is -9.56. The van der Waals surface area contributed by atoms with Gasteiger partial charge < -0.3 is 69.3 Å². The van der Waals surface area contributed by atoms with E-state index in [1.54, 1.807) is 58.0 Å². The number of aliphatic hydroxyl groups excluding tert-OH is 1. The van der Waals surface area contributed by atoms with Crippen molar-refractivity contribution in [1.29, 1.82) is 0 Å². The lowest BCUT2D eigenvalue weighted by Crippen LogP contribution is -2.61. The topological polar surface area (TPSA) is 380 Å². The molecular weight excluding hydrogens is 851 g/mol. The molecule has 2 rings (SSSR count). The fourth-order valence-electron chi connectivity index (χ4n) is 6.88. The second-order valence-corrected chi connectivity index (χ2v) is 16.4. The van der Waals surface area contributed by atoms with E-state index in [2.05, 4.69) is 36.9 Å². The molecule has 23 nitrogen and oxygen atoms in total. The molecule has 23 heteroatoms. The number of carbonyl (C=O) groups excluding carboxylic acids is 7. The van der Waals surface area contributed by atoms with Crippen LogP contribution in [0.2, 0.25) is 0 Å². The van der Waals surface area contributed by atoms with Crippen molar-refractivity contribution < 1.29 is 58.5 Å². The molecule has 1 aromatic rings. The maximum Gasteiger partial charge on any atom is 0.326 e. The van der Waals surface area contributed by atoms with E-state index >= 15 is 0 Å². The van der Waals surface area contributed by atoms with Gasteiger partial charge in [0, 0.05) is 25.9 Å². The van der Waals surface area contributed by atoms with Gasteiger partial charge in [-0.15, -0.1) is 0 Å². The lowest BCUT2D eigenvalue weighted by Gasteiger charge is -2.32. The van der Waals surface area contributed by atoms with Crippen molar-refractivity contribution in [2.45, 2.75) is 134 Å². The average Bonchev–Trinajstić information content (AvgIpc) is 3.75. The van der Waals surface area contributed by atoms with Gasteiger partial charge in [-0.3, -0.25) is 43.3 Å². The highest BCUT2D eigenvalue weighted by Crippen LogP contribution is 2.21. The summed E-state index contributed by atoms with van der Waals surface area (Å²) in [5.41, 5.74) is 17.3. The number of guanidine groups is 1. The Bertz CT molecular complexity index is 1840. The Morgan fingerprint density at radius 3 is 1.89 bits per heavy atom. The number of likely N-dealkylation sites (tertiary alicyclic amines) is 1. The second-order valence-electron chi connectivity index (χ2n) is 16.4. The van der Waals surface area contributed by atoms with Crippen molar-refractivity contribution in [3.8, 4) is 0 Å². The summed E-state index contributed by atoms with van der Waals surface area (Å²) in [6.45, 7) is 7.14. The average molecular weight is 918 g/mol. The number of aliphatic imine (C=N–C) groups is 1. The molecule has 7 amide bonds. The van der Waals surface area contributed by atoms with Gasteiger partial charge in [0.25, 0.3) is 0 Å². The SMILES string of the molecule is CC[C@H](C)[C@H](NC(=O)[C@@H]1CCCN1C(=O)[C@H](CCC(=O)O)NC(=O)[C@H](Cc1ccccc1)NC(=O)[C@H](C)N)C(=O)N[C@@H](CCCN=C(N)N)C(=O)N[C@@H](CO)C(=O)N[C@H](C(=O)O)C(C)C. The fourth-order valence-corrected chi connectivity index (χ4v) is 6.88. The predicted molar refractivity (Wildman–Crippen MR) is 236 cm³/mol. The number of nitrogens with zero attached hydrogens (tertiary/aromatic N) is 2. The lowest BCUT2D eigenvalue weighted by atomic mass is 9.96. The molecule has 0 spiro atoms. The number of nitrogens with one attached hydrogen (secondary N) is 6. The van der Waals surface area contributed by atoms with Crippen LogP contribution in [0.25, 0.3) is 0 Å². The van der Waals surface area contributed by atoms with Gasteiger partial charge in [-0.05, 0) is 56.4 Å². The van der Waals surface area contributed by atoms with E-state index in [9.17, 15) is 58.5 Å². The van der Waals surface area contributed by atoms with Crippen molar-refractivity contribution in [1.82, 2.24) is 36.8 Å². The number of carboxylic acid groups (broad SMARTS) is 2. The smallest absolute Gasteiger partial charge is 0.326 e. The number of benzene rings is 1. The van der Waals surface area contributed by atoms with Crippen molar-refractivity contribution >= 4 is 59.2 Å². The first-order valence-electron chi connectivity index (χ1n) is 21.6. The number of carboxylic acids is 2. The molecule has 0 bridgehead atoms. The number of hydrogen-bond acceptors (Lipinski definition) is 12. The molecule has 1 fully saturated rings. The van der Waals surface area contributed by atoms with Crippen LogP contribution in [0, 0.1) is 11.8 Å². The molecule has 0 aromatic heterocycles. The van der Waals surface area contributed by atoms with Crippen LogP contribution in [0.5, 0.6) is 0 Å². The Balaban J connectivity index is 2.37. The number of aliphatic hydroxyl groups is 1. The van der Waals surface area contributed by atoms with E-state index in [4.69, 9.17) is 17.2 Å². The van der Waals surface area contributed by atoms with Crippen molar-refractivity contribution in [2.75, 3.05) is 19.7 Å². The maximum absolute atomic E-state index is 14.2. The van der Waals surface area contributed by atoms with Crippen LogP contribution < -0.4 is 49.1 Å². The zero-order chi connectivity index (χ0) is 49.0. The summed E-state index contributed by atoms with van der Waals surface area (Å²) < 4.78 is 0. The van der Waals surface area contributed by atoms with E-state index < -0.39 is 126 Å². The molecular formula is C42H67N11O12. The molecule has 9 atom stereocenters. The number of amides is 7. The molecule has 0 aliphatic carbocycles. The third-order valence-electron chi connectivity index (χ3n) is 10.8. The minimum absolute atomic E-state index is 0.0143. The predicted octanol–water partition coefficient (Wildman–Crippen LogP) is -2.83. The standard InChI is InChI=1S/C42H67N11O12/c1-6-23(4)33(39(62)47-26(14-10-18-46-42(44)45)35(58)50-29(21-54)37(60)51-32(22(2)3)41(64)65)52-38(61)30-15-11-19-53(30)40(63)27(16-17-31(55)56)48-36(59)28(49-34(57)24(5)43)20-25-12-8-7-9-13-25/h7-9,12-13,22-24,26-30,32-33,54H,6,10-11,14-21,43H2,1-5H3,(H,47,62)(H,48,59)(H,49,57)(H,50,58)(H,51,60)(H,52,61)(H,55,56)(H,64,65)(H4,44,45,46)/t23-,24-,26-,27-,28-,29-,30-,32-,33-/m0/s1. The zero-order valence-electron chi connectivity index (χ0n) is 37.6. The van der Waals surface area contributed by atoms with Crippen LogP contribution in [0.4, 0.5) is 0 Å². The van der Waals surface area contributed by atoms with Crippen LogP contribution in [-0.2, 0) is 49.6 Å².